The second kappa shape index (κ2) is 10.6. The van der Waals surface area contributed by atoms with Crippen LogP contribution in [0.5, 0.6) is 0 Å². The lowest BCUT2D eigenvalue weighted by atomic mass is 10.3. The minimum absolute atomic E-state index is 0.0866. The van der Waals surface area contributed by atoms with E-state index in [0.29, 0.717) is 13.1 Å². The highest BCUT2D eigenvalue weighted by Crippen LogP contribution is 2.16. The molecule has 0 radical (unpaired) electrons. The van der Waals surface area contributed by atoms with Crippen LogP contribution in [-0.4, -0.2) is 109 Å². The molecule has 1 aromatic heterocycles. The van der Waals surface area contributed by atoms with Crippen LogP contribution in [0.25, 0.3) is 0 Å². The predicted octanol–water partition coefficient (Wildman–Crippen LogP) is 0.0618. The molecule has 1 aromatic rings. The van der Waals surface area contributed by atoms with E-state index in [1.54, 1.807) is 10.9 Å². The summed E-state index contributed by atoms with van der Waals surface area (Å²) in [6.45, 7) is 11.2. The molecule has 3 rings (SSSR count). The first-order valence-corrected chi connectivity index (χ1v) is 10.8. The topological polar surface area (TPSA) is 72.2 Å². The lowest BCUT2D eigenvalue weighted by Gasteiger charge is -2.35. The molecular formula is C20H36N8O. The van der Waals surface area contributed by atoms with Crippen molar-refractivity contribution in [3.05, 3.63) is 12.4 Å². The summed E-state index contributed by atoms with van der Waals surface area (Å²) in [7, 11) is 4.07. The highest BCUT2D eigenvalue weighted by molar-refractivity contribution is 5.98. The Bertz CT molecular complexity index is 688. The third kappa shape index (κ3) is 6.17. The van der Waals surface area contributed by atoms with E-state index < -0.39 is 0 Å². The third-order valence-electron chi connectivity index (χ3n) is 5.56. The summed E-state index contributed by atoms with van der Waals surface area (Å²) in [6.07, 6.45) is 5.91. The summed E-state index contributed by atoms with van der Waals surface area (Å²) >= 11 is 0. The number of aryl methyl sites for hydroxylation is 1. The molecule has 162 valence electrons. The zero-order valence-electron chi connectivity index (χ0n) is 18.2. The molecule has 0 aromatic carbocycles. The van der Waals surface area contributed by atoms with Crippen LogP contribution in [0, 0.1) is 0 Å². The molecule has 0 atom stereocenters. The molecule has 2 fully saturated rings. The summed E-state index contributed by atoms with van der Waals surface area (Å²) in [6, 6.07) is 0. The van der Waals surface area contributed by atoms with Crippen LogP contribution >= 0.6 is 0 Å². The predicted molar refractivity (Wildman–Crippen MR) is 116 cm³/mol. The van der Waals surface area contributed by atoms with Gasteiger partial charge in [0.1, 0.15) is 6.54 Å². The smallest absolute Gasteiger partial charge is 0.246 e. The number of hydrogen-bond acceptors (Lipinski definition) is 5. The van der Waals surface area contributed by atoms with E-state index in [9.17, 15) is 4.79 Å². The lowest BCUT2D eigenvalue weighted by molar-refractivity contribution is -0.120. The fourth-order valence-electron chi connectivity index (χ4n) is 3.90. The number of piperazine rings is 1. The Hall–Kier alpha value is -2.13. The van der Waals surface area contributed by atoms with Crippen molar-refractivity contribution in [3.8, 4) is 0 Å². The average molecular weight is 405 g/mol. The van der Waals surface area contributed by atoms with Gasteiger partial charge in [0, 0.05) is 52.5 Å². The quantitative estimate of drug-likeness (QED) is 0.411. The van der Waals surface area contributed by atoms with Gasteiger partial charge in [0.2, 0.25) is 5.91 Å². The van der Waals surface area contributed by atoms with Crippen molar-refractivity contribution in [2.24, 2.45) is 12.0 Å². The van der Waals surface area contributed by atoms with Crippen LogP contribution in [0.4, 0.5) is 5.69 Å². The highest BCUT2D eigenvalue weighted by Gasteiger charge is 2.27. The standard InChI is InChI=1S/C20H36N8O/c1-4-21-20(22-7-5-9-26-10-6-8-24(2)11-12-26)27-13-14-28(19(29)17-27)18-15-23-25(3)16-18/h15-16H,4-14,17H2,1-3H3,(H,21,22). The van der Waals surface area contributed by atoms with Crippen LogP contribution in [-0.2, 0) is 11.8 Å². The molecule has 2 aliphatic rings. The Kier molecular flexibility index (Phi) is 7.88. The fourth-order valence-corrected chi connectivity index (χ4v) is 3.90. The highest BCUT2D eigenvalue weighted by atomic mass is 16.2. The Morgan fingerprint density at radius 1 is 1.17 bits per heavy atom. The van der Waals surface area contributed by atoms with Crippen molar-refractivity contribution in [3.63, 3.8) is 0 Å². The van der Waals surface area contributed by atoms with Gasteiger partial charge in [0.05, 0.1) is 11.9 Å². The minimum Gasteiger partial charge on any atom is -0.357 e. The number of carbonyl (C=O) groups excluding carboxylic acids is 1. The van der Waals surface area contributed by atoms with Crippen LogP contribution in [0.1, 0.15) is 19.8 Å². The van der Waals surface area contributed by atoms with E-state index in [-0.39, 0.29) is 5.91 Å². The Morgan fingerprint density at radius 2 is 2.03 bits per heavy atom. The summed E-state index contributed by atoms with van der Waals surface area (Å²) in [4.78, 5) is 26.3. The number of amides is 1. The third-order valence-corrected chi connectivity index (χ3v) is 5.56. The molecule has 9 heteroatoms. The number of nitrogens with zero attached hydrogens (tertiary/aromatic N) is 7. The second-order valence-corrected chi connectivity index (χ2v) is 7.93. The van der Waals surface area contributed by atoms with Gasteiger partial charge < -0.3 is 24.9 Å². The molecule has 0 spiro atoms. The first-order chi connectivity index (χ1) is 14.1. The number of nitrogens with one attached hydrogen (secondary N) is 1. The van der Waals surface area contributed by atoms with Crippen molar-refractivity contribution < 1.29 is 4.79 Å². The van der Waals surface area contributed by atoms with Gasteiger partial charge in [-0.3, -0.25) is 14.5 Å². The number of aliphatic imine (C=N–C) groups is 1. The molecule has 3 heterocycles. The normalized spacial score (nSPS) is 20.2. The SMILES string of the molecule is CCNC(=NCCCN1CCCN(C)CC1)N1CCN(c2cnn(C)c2)C(=O)C1. The molecule has 2 aliphatic heterocycles. The molecular weight excluding hydrogens is 368 g/mol. The lowest BCUT2D eigenvalue weighted by Crippen LogP contribution is -2.55. The van der Waals surface area contributed by atoms with E-state index in [2.05, 4.69) is 39.1 Å². The van der Waals surface area contributed by atoms with E-state index >= 15 is 0 Å². The number of hydrogen-bond donors (Lipinski definition) is 1. The first kappa shape index (κ1) is 21.6. The van der Waals surface area contributed by atoms with Crippen molar-refractivity contribution in [2.45, 2.75) is 19.8 Å². The molecule has 1 amide bonds. The van der Waals surface area contributed by atoms with Crippen LogP contribution in [0.3, 0.4) is 0 Å². The number of guanidine groups is 1. The number of anilines is 1. The zero-order valence-corrected chi connectivity index (χ0v) is 18.2. The average Bonchev–Trinajstić information content (AvgIpc) is 3.02. The molecule has 1 N–H and O–H groups in total. The van der Waals surface area contributed by atoms with Crippen molar-refractivity contribution >= 4 is 17.6 Å². The van der Waals surface area contributed by atoms with Crippen LogP contribution in [0.2, 0.25) is 0 Å². The van der Waals surface area contributed by atoms with Crippen LogP contribution < -0.4 is 10.2 Å². The molecule has 0 bridgehead atoms. The Balaban J connectivity index is 1.49. The molecule has 0 saturated carbocycles. The van der Waals surface area contributed by atoms with Crippen molar-refractivity contribution in [1.29, 1.82) is 0 Å². The number of carbonyl (C=O) groups is 1. The molecule has 29 heavy (non-hydrogen) atoms. The van der Waals surface area contributed by atoms with Gasteiger partial charge in [-0.2, -0.15) is 5.10 Å². The van der Waals surface area contributed by atoms with Gasteiger partial charge in [-0.05, 0) is 46.4 Å². The molecule has 0 unspecified atom stereocenters. The van der Waals surface area contributed by atoms with Crippen molar-refractivity contribution in [2.75, 3.05) is 77.4 Å². The first-order valence-electron chi connectivity index (χ1n) is 10.8. The summed E-state index contributed by atoms with van der Waals surface area (Å²) in [5.74, 6) is 0.936. The Labute approximate surface area is 174 Å². The molecule has 9 nitrogen and oxygen atoms in total. The summed E-state index contributed by atoms with van der Waals surface area (Å²) in [5, 5.41) is 7.53. The second-order valence-electron chi connectivity index (χ2n) is 7.93. The van der Waals surface area contributed by atoms with Gasteiger partial charge in [0.25, 0.3) is 0 Å². The van der Waals surface area contributed by atoms with E-state index in [4.69, 9.17) is 4.99 Å². The maximum atomic E-state index is 12.7. The van der Waals surface area contributed by atoms with E-state index in [1.165, 1.54) is 19.5 Å². The van der Waals surface area contributed by atoms with Gasteiger partial charge in [-0.25, -0.2) is 0 Å². The van der Waals surface area contributed by atoms with E-state index in [0.717, 1.165) is 57.3 Å². The van der Waals surface area contributed by atoms with Crippen molar-refractivity contribution in [1.82, 2.24) is 29.8 Å². The zero-order chi connectivity index (χ0) is 20.6. The maximum Gasteiger partial charge on any atom is 0.246 e. The Morgan fingerprint density at radius 3 is 2.76 bits per heavy atom. The monoisotopic (exact) mass is 404 g/mol. The molecule has 2 saturated heterocycles. The molecule has 0 aliphatic carbocycles. The fraction of sp³-hybridized carbons (Fsp3) is 0.750. The van der Waals surface area contributed by atoms with Gasteiger partial charge in [0.15, 0.2) is 5.96 Å². The largest absolute Gasteiger partial charge is 0.357 e. The van der Waals surface area contributed by atoms with E-state index in [1.807, 2.05) is 18.1 Å². The number of aromatic nitrogens is 2. The summed E-state index contributed by atoms with van der Waals surface area (Å²) in [5.41, 5.74) is 0.863. The van der Waals surface area contributed by atoms with Gasteiger partial charge in [-0.1, -0.05) is 0 Å². The van der Waals surface area contributed by atoms with Gasteiger partial charge in [-0.15, -0.1) is 0 Å². The number of likely N-dealkylation sites (N-methyl/N-ethyl adjacent to an activating group) is 1. The van der Waals surface area contributed by atoms with Crippen LogP contribution in [0.15, 0.2) is 17.4 Å². The minimum atomic E-state index is 0.0866. The maximum absolute atomic E-state index is 12.7. The number of rotatable bonds is 6. The van der Waals surface area contributed by atoms with Gasteiger partial charge >= 0.3 is 0 Å². The summed E-state index contributed by atoms with van der Waals surface area (Å²) < 4.78 is 1.73.